The maximum Gasteiger partial charge on any atom is 0.251 e. The SMILES string of the molecule is O=C(NCC(=O)N(Cc1ccccn1)C[C@@H]1CCCO1)c1ccccc1. The molecule has 1 aliphatic rings. The molecule has 1 aliphatic heterocycles. The van der Waals surface area contributed by atoms with Crippen LogP contribution in [-0.4, -0.2) is 47.5 Å². The van der Waals surface area contributed by atoms with Gasteiger partial charge in [0, 0.05) is 24.9 Å². The highest BCUT2D eigenvalue weighted by molar-refractivity contribution is 5.96. The number of pyridine rings is 1. The first-order chi connectivity index (χ1) is 12.7. The lowest BCUT2D eigenvalue weighted by atomic mass is 10.2. The normalized spacial score (nSPS) is 16.2. The van der Waals surface area contributed by atoms with Gasteiger partial charge in [-0.25, -0.2) is 0 Å². The second kappa shape index (κ2) is 9.10. The first-order valence-electron chi connectivity index (χ1n) is 8.85. The summed E-state index contributed by atoms with van der Waals surface area (Å²) in [4.78, 5) is 30.9. The molecule has 0 bridgehead atoms. The van der Waals surface area contributed by atoms with Crippen molar-refractivity contribution in [3.8, 4) is 0 Å². The fraction of sp³-hybridized carbons (Fsp3) is 0.350. The van der Waals surface area contributed by atoms with Gasteiger partial charge in [0.1, 0.15) is 0 Å². The molecule has 0 saturated carbocycles. The summed E-state index contributed by atoms with van der Waals surface area (Å²) in [5.74, 6) is -0.399. The quantitative estimate of drug-likeness (QED) is 0.827. The summed E-state index contributed by atoms with van der Waals surface area (Å²) >= 11 is 0. The van der Waals surface area contributed by atoms with E-state index >= 15 is 0 Å². The Bertz CT molecular complexity index is 716. The highest BCUT2D eigenvalue weighted by Crippen LogP contribution is 2.15. The van der Waals surface area contributed by atoms with Gasteiger partial charge < -0.3 is 15.0 Å². The van der Waals surface area contributed by atoms with E-state index in [0.29, 0.717) is 18.7 Å². The Kier molecular flexibility index (Phi) is 6.33. The first-order valence-corrected chi connectivity index (χ1v) is 8.85. The summed E-state index contributed by atoms with van der Waals surface area (Å²) in [6.45, 7) is 1.60. The molecule has 1 fully saturated rings. The molecule has 136 valence electrons. The summed E-state index contributed by atoms with van der Waals surface area (Å²) in [5, 5.41) is 2.70. The van der Waals surface area contributed by atoms with Crippen LogP contribution in [0.25, 0.3) is 0 Å². The maximum absolute atomic E-state index is 12.7. The van der Waals surface area contributed by atoms with Crippen LogP contribution in [0.2, 0.25) is 0 Å². The number of rotatable bonds is 7. The summed E-state index contributed by atoms with van der Waals surface area (Å²) in [6, 6.07) is 14.5. The molecule has 0 aliphatic carbocycles. The van der Waals surface area contributed by atoms with Crippen LogP contribution in [0.3, 0.4) is 0 Å². The van der Waals surface area contributed by atoms with E-state index in [4.69, 9.17) is 4.74 Å². The van der Waals surface area contributed by atoms with Gasteiger partial charge in [0.15, 0.2) is 0 Å². The third-order valence-corrected chi connectivity index (χ3v) is 4.32. The van der Waals surface area contributed by atoms with E-state index in [-0.39, 0.29) is 24.5 Å². The number of hydrogen-bond acceptors (Lipinski definition) is 4. The summed E-state index contributed by atoms with van der Waals surface area (Å²) in [7, 11) is 0. The zero-order valence-corrected chi connectivity index (χ0v) is 14.6. The van der Waals surface area contributed by atoms with Crippen molar-refractivity contribution in [2.75, 3.05) is 19.7 Å². The minimum Gasteiger partial charge on any atom is -0.376 e. The molecule has 2 heterocycles. The van der Waals surface area contributed by atoms with Gasteiger partial charge in [0.2, 0.25) is 5.91 Å². The minimum absolute atomic E-state index is 0.0483. The predicted molar refractivity (Wildman–Crippen MR) is 97.4 cm³/mol. The molecular formula is C20H23N3O3. The zero-order valence-electron chi connectivity index (χ0n) is 14.6. The molecule has 3 rings (SSSR count). The van der Waals surface area contributed by atoms with E-state index in [2.05, 4.69) is 10.3 Å². The van der Waals surface area contributed by atoms with Crippen LogP contribution in [0, 0.1) is 0 Å². The molecule has 2 aromatic rings. The standard InChI is InChI=1S/C20H23N3O3/c24-19(13-22-20(25)16-7-2-1-3-8-16)23(15-18-10-6-12-26-18)14-17-9-4-5-11-21-17/h1-5,7-9,11,18H,6,10,12-15H2,(H,22,25)/t18-/m0/s1. The Morgan fingerprint density at radius 2 is 1.96 bits per heavy atom. The highest BCUT2D eigenvalue weighted by Gasteiger charge is 2.23. The molecule has 2 amide bonds. The molecule has 1 N–H and O–H groups in total. The molecule has 0 spiro atoms. The smallest absolute Gasteiger partial charge is 0.251 e. The highest BCUT2D eigenvalue weighted by atomic mass is 16.5. The van der Waals surface area contributed by atoms with Crippen molar-refractivity contribution in [1.82, 2.24) is 15.2 Å². The average molecular weight is 353 g/mol. The van der Waals surface area contributed by atoms with Gasteiger partial charge >= 0.3 is 0 Å². The van der Waals surface area contributed by atoms with Crippen LogP contribution in [0.1, 0.15) is 28.9 Å². The van der Waals surface area contributed by atoms with Gasteiger partial charge in [0.05, 0.1) is 24.9 Å². The van der Waals surface area contributed by atoms with E-state index in [9.17, 15) is 9.59 Å². The Hall–Kier alpha value is -2.73. The third-order valence-electron chi connectivity index (χ3n) is 4.32. The number of ether oxygens (including phenoxy) is 1. The van der Waals surface area contributed by atoms with E-state index < -0.39 is 0 Å². The van der Waals surface area contributed by atoms with E-state index in [0.717, 1.165) is 25.1 Å². The van der Waals surface area contributed by atoms with Crippen LogP contribution in [0.4, 0.5) is 0 Å². The Balaban J connectivity index is 1.60. The number of nitrogens with one attached hydrogen (secondary N) is 1. The molecule has 26 heavy (non-hydrogen) atoms. The van der Waals surface area contributed by atoms with Crippen LogP contribution in [0.5, 0.6) is 0 Å². The van der Waals surface area contributed by atoms with Gasteiger partial charge in [-0.3, -0.25) is 14.6 Å². The lowest BCUT2D eigenvalue weighted by molar-refractivity contribution is -0.132. The Labute approximate surface area is 153 Å². The van der Waals surface area contributed by atoms with Crippen LogP contribution in [-0.2, 0) is 16.1 Å². The predicted octanol–water partition coefficient (Wildman–Crippen LogP) is 2.02. The molecule has 1 aromatic carbocycles. The monoisotopic (exact) mass is 353 g/mol. The lowest BCUT2D eigenvalue weighted by Crippen LogP contribution is -2.43. The van der Waals surface area contributed by atoms with E-state index in [1.54, 1.807) is 35.4 Å². The Morgan fingerprint density at radius 1 is 1.15 bits per heavy atom. The van der Waals surface area contributed by atoms with Crippen LogP contribution >= 0.6 is 0 Å². The second-order valence-corrected chi connectivity index (χ2v) is 6.28. The molecule has 6 nitrogen and oxygen atoms in total. The van der Waals surface area contributed by atoms with Crippen molar-refractivity contribution in [2.45, 2.75) is 25.5 Å². The van der Waals surface area contributed by atoms with E-state index in [1.807, 2.05) is 24.3 Å². The number of carbonyl (C=O) groups is 2. The largest absolute Gasteiger partial charge is 0.376 e. The second-order valence-electron chi connectivity index (χ2n) is 6.28. The first kappa shape index (κ1) is 18.1. The number of hydrogen-bond donors (Lipinski definition) is 1. The zero-order chi connectivity index (χ0) is 18.2. The van der Waals surface area contributed by atoms with Crippen molar-refractivity contribution in [3.63, 3.8) is 0 Å². The summed E-state index contributed by atoms with van der Waals surface area (Å²) < 4.78 is 5.66. The van der Waals surface area contributed by atoms with Gasteiger partial charge in [-0.1, -0.05) is 24.3 Å². The van der Waals surface area contributed by atoms with Gasteiger partial charge in [0.25, 0.3) is 5.91 Å². The van der Waals surface area contributed by atoms with Gasteiger partial charge in [-0.2, -0.15) is 0 Å². The fourth-order valence-corrected chi connectivity index (χ4v) is 2.94. The molecule has 1 saturated heterocycles. The van der Waals surface area contributed by atoms with E-state index in [1.165, 1.54) is 0 Å². The third kappa shape index (κ3) is 5.13. The van der Waals surface area contributed by atoms with Crippen molar-refractivity contribution >= 4 is 11.8 Å². The minimum atomic E-state index is -0.256. The molecule has 0 radical (unpaired) electrons. The van der Waals surface area contributed by atoms with Crippen molar-refractivity contribution in [2.24, 2.45) is 0 Å². The molecule has 0 unspecified atom stereocenters. The lowest BCUT2D eigenvalue weighted by Gasteiger charge is -2.25. The number of nitrogens with zero attached hydrogens (tertiary/aromatic N) is 2. The topological polar surface area (TPSA) is 71.5 Å². The van der Waals surface area contributed by atoms with Crippen molar-refractivity contribution in [3.05, 3.63) is 66.0 Å². The Morgan fingerprint density at radius 3 is 2.65 bits per heavy atom. The van der Waals surface area contributed by atoms with Crippen molar-refractivity contribution in [1.29, 1.82) is 0 Å². The van der Waals surface area contributed by atoms with Crippen LogP contribution in [0.15, 0.2) is 54.7 Å². The molecule has 1 aromatic heterocycles. The van der Waals surface area contributed by atoms with Gasteiger partial charge in [-0.15, -0.1) is 0 Å². The molecule has 6 heteroatoms. The average Bonchev–Trinajstić information content (AvgIpc) is 3.20. The number of aromatic nitrogens is 1. The fourth-order valence-electron chi connectivity index (χ4n) is 2.94. The molecular weight excluding hydrogens is 330 g/mol. The van der Waals surface area contributed by atoms with Crippen molar-refractivity contribution < 1.29 is 14.3 Å². The maximum atomic E-state index is 12.7. The number of carbonyl (C=O) groups excluding carboxylic acids is 2. The number of benzene rings is 1. The van der Waals surface area contributed by atoms with Gasteiger partial charge in [-0.05, 0) is 37.1 Å². The number of amides is 2. The summed E-state index contributed by atoms with van der Waals surface area (Å²) in [5.41, 5.74) is 1.35. The summed E-state index contributed by atoms with van der Waals surface area (Å²) in [6.07, 6.45) is 3.72. The molecule has 1 atom stereocenters. The van der Waals surface area contributed by atoms with Crippen LogP contribution < -0.4 is 5.32 Å².